The topological polar surface area (TPSA) is 3.24 Å². The van der Waals surface area contributed by atoms with Crippen molar-refractivity contribution < 1.29 is 13.2 Å². The molecule has 0 bridgehead atoms. The summed E-state index contributed by atoms with van der Waals surface area (Å²) in [7, 11) is 0. The lowest BCUT2D eigenvalue weighted by Crippen LogP contribution is -2.27. The molecule has 0 heterocycles. The van der Waals surface area contributed by atoms with E-state index in [-0.39, 0.29) is 0 Å². The fourth-order valence-corrected chi connectivity index (χ4v) is 2.02. The van der Waals surface area contributed by atoms with Gasteiger partial charge in [-0.3, -0.25) is 0 Å². The Morgan fingerprint density at radius 1 is 1.18 bits per heavy atom. The lowest BCUT2D eigenvalue weighted by molar-refractivity contribution is -0.137. The van der Waals surface area contributed by atoms with Crippen molar-refractivity contribution in [1.82, 2.24) is 0 Å². The van der Waals surface area contributed by atoms with Crippen LogP contribution in [0.1, 0.15) is 18.4 Å². The van der Waals surface area contributed by atoms with Crippen molar-refractivity contribution in [2.24, 2.45) is 0 Å². The fraction of sp³-hybridized carbons (Fsp3) is 0.500. The summed E-state index contributed by atoms with van der Waals surface area (Å²) in [6, 6.07) is 5.74. The van der Waals surface area contributed by atoms with Crippen LogP contribution >= 0.6 is 11.6 Å². The summed E-state index contributed by atoms with van der Waals surface area (Å²) in [5.41, 5.74) is 0.212. The van der Waals surface area contributed by atoms with Crippen molar-refractivity contribution in [2.45, 2.75) is 25.1 Å². The van der Waals surface area contributed by atoms with Gasteiger partial charge in [0.2, 0.25) is 0 Å². The van der Waals surface area contributed by atoms with Gasteiger partial charge in [-0.2, -0.15) is 13.2 Å². The SMILES string of the molecule is FC(F)(F)c1ccc(N(CCCl)C2CC2)cc1. The first-order valence-corrected chi connectivity index (χ1v) is 6.05. The Morgan fingerprint density at radius 2 is 1.76 bits per heavy atom. The first-order chi connectivity index (χ1) is 8.02. The minimum atomic E-state index is -4.27. The monoisotopic (exact) mass is 263 g/mol. The van der Waals surface area contributed by atoms with Crippen LogP contribution in [-0.2, 0) is 6.18 Å². The molecule has 0 radical (unpaired) electrons. The van der Waals surface area contributed by atoms with Gasteiger partial charge in [0, 0.05) is 24.2 Å². The van der Waals surface area contributed by atoms with E-state index in [0.717, 1.165) is 30.7 Å². The number of nitrogens with zero attached hydrogens (tertiary/aromatic N) is 1. The fourth-order valence-electron chi connectivity index (χ4n) is 1.84. The van der Waals surface area contributed by atoms with Crippen molar-refractivity contribution in [3.05, 3.63) is 29.8 Å². The lowest BCUT2D eigenvalue weighted by Gasteiger charge is -2.24. The molecular weight excluding hydrogens is 251 g/mol. The van der Waals surface area contributed by atoms with Crippen LogP contribution in [0.5, 0.6) is 0 Å². The third kappa shape index (κ3) is 3.06. The normalized spacial score (nSPS) is 16.0. The summed E-state index contributed by atoms with van der Waals surface area (Å²) in [5, 5.41) is 0. The second kappa shape index (κ2) is 4.77. The van der Waals surface area contributed by atoms with Crippen LogP contribution in [0.15, 0.2) is 24.3 Å². The smallest absolute Gasteiger partial charge is 0.367 e. The quantitative estimate of drug-likeness (QED) is 0.745. The minimum Gasteiger partial charge on any atom is -0.367 e. The van der Waals surface area contributed by atoms with E-state index in [4.69, 9.17) is 11.6 Å². The lowest BCUT2D eigenvalue weighted by atomic mass is 10.2. The van der Waals surface area contributed by atoms with Crippen LogP contribution in [0, 0.1) is 0 Å². The molecule has 0 aliphatic heterocycles. The predicted molar refractivity (Wildman–Crippen MR) is 62.5 cm³/mol. The average molecular weight is 264 g/mol. The highest BCUT2D eigenvalue weighted by Crippen LogP contribution is 2.34. The molecule has 0 aromatic heterocycles. The van der Waals surface area contributed by atoms with E-state index in [0.29, 0.717) is 18.5 Å². The number of hydrogen-bond donors (Lipinski definition) is 0. The summed E-state index contributed by atoms with van der Waals surface area (Å²) >= 11 is 5.70. The molecule has 0 saturated heterocycles. The van der Waals surface area contributed by atoms with Crippen LogP contribution in [0.25, 0.3) is 0 Å². The van der Waals surface area contributed by atoms with E-state index in [1.165, 1.54) is 12.1 Å². The van der Waals surface area contributed by atoms with E-state index in [1.807, 2.05) is 0 Å². The van der Waals surface area contributed by atoms with Crippen molar-refractivity contribution in [1.29, 1.82) is 0 Å². The number of hydrogen-bond acceptors (Lipinski definition) is 1. The van der Waals surface area contributed by atoms with E-state index >= 15 is 0 Å². The third-order valence-corrected chi connectivity index (χ3v) is 3.01. The molecule has 17 heavy (non-hydrogen) atoms. The third-order valence-electron chi connectivity index (χ3n) is 2.84. The molecule has 0 amide bonds. The second-order valence-electron chi connectivity index (χ2n) is 4.16. The van der Waals surface area contributed by atoms with Gasteiger partial charge in [-0.05, 0) is 37.1 Å². The van der Waals surface area contributed by atoms with E-state index in [1.54, 1.807) is 0 Å². The largest absolute Gasteiger partial charge is 0.416 e. The average Bonchev–Trinajstić information content (AvgIpc) is 3.09. The number of benzene rings is 1. The van der Waals surface area contributed by atoms with Crippen LogP contribution in [-0.4, -0.2) is 18.5 Å². The maximum absolute atomic E-state index is 12.4. The molecule has 0 atom stereocenters. The van der Waals surface area contributed by atoms with Gasteiger partial charge in [0.15, 0.2) is 0 Å². The molecule has 1 saturated carbocycles. The zero-order valence-electron chi connectivity index (χ0n) is 9.17. The molecule has 94 valence electrons. The first kappa shape index (κ1) is 12.6. The van der Waals surface area contributed by atoms with E-state index in [2.05, 4.69) is 4.90 Å². The van der Waals surface area contributed by atoms with Crippen LogP contribution < -0.4 is 4.90 Å². The maximum atomic E-state index is 12.4. The minimum absolute atomic E-state index is 0.450. The second-order valence-corrected chi connectivity index (χ2v) is 4.54. The molecule has 1 aliphatic rings. The number of rotatable bonds is 4. The molecule has 5 heteroatoms. The number of alkyl halides is 4. The summed E-state index contributed by atoms with van der Waals surface area (Å²) in [6.07, 6.45) is -2.08. The van der Waals surface area contributed by atoms with Gasteiger partial charge in [-0.25, -0.2) is 0 Å². The highest BCUT2D eigenvalue weighted by molar-refractivity contribution is 6.18. The highest BCUT2D eigenvalue weighted by atomic mass is 35.5. The Morgan fingerprint density at radius 3 is 2.18 bits per heavy atom. The van der Waals surface area contributed by atoms with Crippen LogP contribution in [0.3, 0.4) is 0 Å². The van der Waals surface area contributed by atoms with Crippen LogP contribution in [0.2, 0.25) is 0 Å². The zero-order valence-corrected chi connectivity index (χ0v) is 9.93. The number of halogens is 4. The summed E-state index contributed by atoms with van der Waals surface area (Å²) in [6.45, 7) is 0.678. The Labute approximate surface area is 103 Å². The molecule has 1 aliphatic carbocycles. The molecular formula is C12H13ClF3N. The van der Waals surface area contributed by atoms with Crippen molar-refractivity contribution in [3.63, 3.8) is 0 Å². The highest BCUT2D eigenvalue weighted by Gasteiger charge is 2.32. The summed E-state index contributed by atoms with van der Waals surface area (Å²) in [4.78, 5) is 2.08. The van der Waals surface area contributed by atoms with Gasteiger partial charge < -0.3 is 4.90 Å². The Kier molecular flexibility index (Phi) is 3.52. The molecule has 0 unspecified atom stereocenters. The Balaban J connectivity index is 2.15. The zero-order chi connectivity index (χ0) is 12.5. The molecule has 1 fully saturated rings. The molecule has 0 N–H and O–H groups in total. The number of anilines is 1. The van der Waals surface area contributed by atoms with Crippen molar-refractivity contribution in [2.75, 3.05) is 17.3 Å². The van der Waals surface area contributed by atoms with Gasteiger partial charge >= 0.3 is 6.18 Å². The van der Waals surface area contributed by atoms with E-state index in [9.17, 15) is 13.2 Å². The van der Waals surface area contributed by atoms with Gasteiger partial charge in [-0.15, -0.1) is 11.6 Å². The maximum Gasteiger partial charge on any atom is 0.416 e. The van der Waals surface area contributed by atoms with Gasteiger partial charge in [0.1, 0.15) is 0 Å². The summed E-state index contributed by atoms with van der Waals surface area (Å²) in [5.74, 6) is 0.484. The van der Waals surface area contributed by atoms with E-state index < -0.39 is 11.7 Å². The van der Waals surface area contributed by atoms with Crippen molar-refractivity contribution in [3.8, 4) is 0 Å². The first-order valence-electron chi connectivity index (χ1n) is 5.52. The van der Waals surface area contributed by atoms with Crippen molar-refractivity contribution >= 4 is 17.3 Å². The van der Waals surface area contributed by atoms with Gasteiger partial charge in [-0.1, -0.05) is 0 Å². The predicted octanol–water partition coefficient (Wildman–Crippen LogP) is 3.91. The summed E-state index contributed by atoms with van der Waals surface area (Å²) < 4.78 is 37.2. The Hall–Kier alpha value is -0.900. The molecule has 2 rings (SSSR count). The van der Waals surface area contributed by atoms with Gasteiger partial charge in [0.25, 0.3) is 0 Å². The molecule has 1 aromatic carbocycles. The van der Waals surface area contributed by atoms with Crippen LogP contribution in [0.4, 0.5) is 18.9 Å². The van der Waals surface area contributed by atoms with Gasteiger partial charge in [0.05, 0.1) is 5.56 Å². The molecule has 1 aromatic rings. The Bertz CT molecular complexity index is 370. The molecule has 1 nitrogen and oxygen atoms in total. The molecule has 0 spiro atoms. The standard InChI is InChI=1S/C12H13ClF3N/c13-7-8-17(11-5-6-11)10-3-1-9(2-4-10)12(14,15)16/h1-4,11H,5-8H2.